The van der Waals surface area contributed by atoms with Crippen molar-refractivity contribution in [2.24, 2.45) is 5.73 Å². The van der Waals surface area contributed by atoms with Crippen molar-refractivity contribution in [1.29, 1.82) is 0 Å². The molecule has 2 heterocycles. The van der Waals surface area contributed by atoms with Crippen LogP contribution in [-0.4, -0.2) is 16.8 Å². The lowest BCUT2D eigenvalue weighted by molar-refractivity contribution is 0.185. The number of rotatable bonds is 2. The van der Waals surface area contributed by atoms with Gasteiger partial charge in [-0.3, -0.25) is 4.98 Å². The molecule has 2 aromatic rings. The summed E-state index contributed by atoms with van der Waals surface area (Å²) >= 11 is 1.80. The van der Waals surface area contributed by atoms with Crippen LogP contribution in [0.2, 0.25) is 0 Å². The van der Waals surface area contributed by atoms with Gasteiger partial charge in [-0.2, -0.15) is 0 Å². The van der Waals surface area contributed by atoms with Gasteiger partial charge >= 0.3 is 0 Å². The first-order chi connectivity index (χ1) is 9.24. The predicted octanol–water partition coefficient (Wildman–Crippen LogP) is 2.94. The molecular formula is C15H16N2OS. The minimum Gasteiger partial charge on any atom is -0.486 e. The molecule has 0 aliphatic carbocycles. The monoisotopic (exact) mass is 272 g/mol. The zero-order chi connectivity index (χ0) is 13.2. The summed E-state index contributed by atoms with van der Waals surface area (Å²) in [6.45, 7) is 2.02. The number of hydrogen-bond acceptors (Lipinski definition) is 4. The average molecular weight is 272 g/mol. The molecule has 98 valence electrons. The maximum Gasteiger partial charge on any atom is 0.133 e. The first-order valence-electron chi connectivity index (χ1n) is 6.29. The molecular weight excluding hydrogens is 256 g/mol. The third-order valence-electron chi connectivity index (χ3n) is 3.21. The van der Waals surface area contributed by atoms with E-state index in [1.54, 1.807) is 11.8 Å². The Kier molecular flexibility index (Phi) is 3.44. The molecule has 1 aromatic heterocycles. The van der Waals surface area contributed by atoms with Gasteiger partial charge < -0.3 is 10.5 Å². The van der Waals surface area contributed by atoms with Gasteiger partial charge in [-0.1, -0.05) is 18.2 Å². The fourth-order valence-corrected chi connectivity index (χ4v) is 3.24. The molecule has 3 rings (SSSR count). The summed E-state index contributed by atoms with van der Waals surface area (Å²) < 4.78 is 6.01. The molecule has 0 saturated heterocycles. The fourth-order valence-electron chi connectivity index (χ4n) is 2.19. The number of hydrogen-bond donors (Lipinski definition) is 1. The standard InChI is InChI=1S/C15H16N2OS/c1-10-6-11(8-17-7-10)15(16)13-9-19-14-5-3-2-4-12(14)18-13/h2-8,13,15H,9,16H2,1H3. The van der Waals surface area contributed by atoms with Gasteiger partial charge in [0.25, 0.3) is 0 Å². The summed E-state index contributed by atoms with van der Waals surface area (Å²) in [6.07, 6.45) is 3.65. The maximum atomic E-state index is 6.32. The Hall–Kier alpha value is -1.52. The molecule has 0 spiro atoms. The van der Waals surface area contributed by atoms with Crippen molar-refractivity contribution >= 4 is 11.8 Å². The minimum absolute atomic E-state index is 0.0106. The predicted molar refractivity (Wildman–Crippen MR) is 77.5 cm³/mol. The fraction of sp³-hybridized carbons (Fsp3) is 0.267. The Bertz CT molecular complexity index is 588. The SMILES string of the molecule is Cc1cncc(C(N)C2CSc3ccccc3O2)c1. The van der Waals surface area contributed by atoms with Crippen LogP contribution in [0.4, 0.5) is 0 Å². The molecule has 0 saturated carbocycles. The van der Waals surface area contributed by atoms with E-state index in [0.717, 1.165) is 22.6 Å². The first-order valence-corrected chi connectivity index (χ1v) is 7.28. The summed E-state index contributed by atoms with van der Waals surface area (Å²) in [5.74, 6) is 1.80. The Morgan fingerprint density at radius 2 is 2.21 bits per heavy atom. The molecule has 2 atom stereocenters. The number of nitrogens with zero attached hydrogens (tertiary/aromatic N) is 1. The Balaban J connectivity index is 1.81. The number of aryl methyl sites for hydroxylation is 1. The van der Waals surface area contributed by atoms with Gasteiger partial charge in [-0.25, -0.2) is 0 Å². The zero-order valence-corrected chi connectivity index (χ0v) is 11.6. The number of ether oxygens (including phenoxy) is 1. The van der Waals surface area contributed by atoms with Gasteiger partial charge in [0.15, 0.2) is 0 Å². The maximum absolute atomic E-state index is 6.32. The molecule has 0 bridgehead atoms. The topological polar surface area (TPSA) is 48.1 Å². The number of fused-ring (bicyclic) bond motifs is 1. The minimum atomic E-state index is -0.145. The average Bonchev–Trinajstić information content (AvgIpc) is 2.46. The van der Waals surface area contributed by atoms with E-state index in [4.69, 9.17) is 10.5 Å². The van der Waals surface area contributed by atoms with Crippen LogP contribution < -0.4 is 10.5 Å². The lowest BCUT2D eigenvalue weighted by atomic mass is 10.0. The van der Waals surface area contributed by atoms with Gasteiger partial charge in [0.2, 0.25) is 0 Å². The van der Waals surface area contributed by atoms with Gasteiger partial charge in [0.1, 0.15) is 11.9 Å². The van der Waals surface area contributed by atoms with Crippen molar-refractivity contribution in [3.63, 3.8) is 0 Å². The summed E-state index contributed by atoms with van der Waals surface area (Å²) in [6, 6.07) is 10.0. The van der Waals surface area contributed by atoms with Crippen LogP contribution in [-0.2, 0) is 0 Å². The van der Waals surface area contributed by atoms with Crippen LogP contribution >= 0.6 is 11.8 Å². The van der Waals surface area contributed by atoms with Crippen molar-refractivity contribution in [1.82, 2.24) is 4.98 Å². The number of pyridine rings is 1. The highest BCUT2D eigenvalue weighted by Crippen LogP contribution is 2.37. The Labute approximate surface area is 117 Å². The van der Waals surface area contributed by atoms with Gasteiger partial charge in [-0.15, -0.1) is 11.8 Å². The van der Waals surface area contributed by atoms with E-state index < -0.39 is 0 Å². The molecule has 19 heavy (non-hydrogen) atoms. The molecule has 2 unspecified atom stereocenters. The second-order valence-corrected chi connectivity index (χ2v) is 5.80. The quantitative estimate of drug-likeness (QED) is 0.913. The third-order valence-corrected chi connectivity index (χ3v) is 4.36. The highest BCUT2D eigenvalue weighted by Gasteiger charge is 2.26. The van der Waals surface area contributed by atoms with Gasteiger partial charge in [0.05, 0.1) is 6.04 Å². The third kappa shape index (κ3) is 2.60. The van der Waals surface area contributed by atoms with Crippen LogP contribution in [0.3, 0.4) is 0 Å². The van der Waals surface area contributed by atoms with Crippen molar-refractivity contribution in [3.05, 3.63) is 53.9 Å². The van der Waals surface area contributed by atoms with Crippen molar-refractivity contribution in [3.8, 4) is 5.75 Å². The number of thioether (sulfide) groups is 1. The first kappa shape index (κ1) is 12.5. The molecule has 1 aliphatic heterocycles. The Morgan fingerprint density at radius 3 is 3.05 bits per heavy atom. The van der Waals surface area contributed by atoms with Crippen LogP contribution in [0.5, 0.6) is 5.75 Å². The van der Waals surface area contributed by atoms with Crippen LogP contribution in [0, 0.1) is 6.92 Å². The Morgan fingerprint density at radius 1 is 1.37 bits per heavy atom. The van der Waals surface area contributed by atoms with Gasteiger partial charge in [-0.05, 0) is 30.2 Å². The van der Waals surface area contributed by atoms with E-state index in [1.807, 2.05) is 37.5 Å². The van der Waals surface area contributed by atoms with Gasteiger partial charge in [0, 0.05) is 23.0 Å². The normalized spacial score (nSPS) is 19.4. The highest BCUT2D eigenvalue weighted by molar-refractivity contribution is 7.99. The largest absolute Gasteiger partial charge is 0.486 e. The highest BCUT2D eigenvalue weighted by atomic mass is 32.2. The van der Waals surface area contributed by atoms with E-state index in [0.29, 0.717) is 0 Å². The zero-order valence-electron chi connectivity index (χ0n) is 10.7. The molecule has 0 fully saturated rings. The van der Waals surface area contributed by atoms with E-state index in [1.165, 1.54) is 4.90 Å². The smallest absolute Gasteiger partial charge is 0.133 e. The molecule has 1 aliphatic rings. The van der Waals surface area contributed by atoms with E-state index in [-0.39, 0.29) is 12.1 Å². The second-order valence-electron chi connectivity index (χ2n) is 4.74. The lowest BCUT2D eigenvalue weighted by Gasteiger charge is -2.29. The number of nitrogens with two attached hydrogens (primary N) is 1. The number of para-hydroxylation sites is 1. The van der Waals surface area contributed by atoms with Crippen molar-refractivity contribution < 1.29 is 4.74 Å². The number of benzene rings is 1. The summed E-state index contributed by atoms with van der Waals surface area (Å²) in [4.78, 5) is 5.39. The molecule has 4 heteroatoms. The second kappa shape index (κ2) is 5.23. The molecule has 2 N–H and O–H groups in total. The molecule has 0 radical (unpaired) electrons. The van der Waals surface area contributed by atoms with E-state index >= 15 is 0 Å². The number of aromatic nitrogens is 1. The summed E-state index contributed by atoms with van der Waals surface area (Å²) in [7, 11) is 0. The van der Waals surface area contributed by atoms with Crippen LogP contribution in [0.15, 0.2) is 47.6 Å². The van der Waals surface area contributed by atoms with Crippen molar-refractivity contribution in [2.45, 2.75) is 24.0 Å². The summed E-state index contributed by atoms with van der Waals surface area (Å²) in [5, 5.41) is 0. The summed E-state index contributed by atoms with van der Waals surface area (Å²) in [5.41, 5.74) is 8.47. The lowest BCUT2D eigenvalue weighted by Crippen LogP contribution is -2.35. The molecule has 3 nitrogen and oxygen atoms in total. The van der Waals surface area contributed by atoms with Crippen LogP contribution in [0.1, 0.15) is 17.2 Å². The van der Waals surface area contributed by atoms with E-state index in [9.17, 15) is 0 Å². The molecule has 1 aromatic carbocycles. The van der Waals surface area contributed by atoms with E-state index in [2.05, 4.69) is 17.1 Å². The van der Waals surface area contributed by atoms with Crippen LogP contribution in [0.25, 0.3) is 0 Å². The molecule has 0 amide bonds. The van der Waals surface area contributed by atoms with Crippen molar-refractivity contribution in [2.75, 3.05) is 5.75 Å².